The molecule has 1 heterocycles. The summed E-state index contributed by atoms with van der Waals surface area (Å²) >= 11 is 0. The lowest BCUT2D eigenvalue weighted by atomic mass is 10.4. The van der Waals surface area contributed by atoms with Crippen molar-refractivity contribution in [2.75, 3.05) is 26.3 Å². The van der Waals surface area contributed by atoms with Crippen molar-refractivity contribution in [1.29, 1.82) is 0 Å². The standard InChI is InChI=1S/C7H14N2/c1-2-7(1)5-9-4-3-8-6-9/h7-8H,1-6H2. The molecule has 2 rings (SSSR count). The van der Waals surface area contributed by atoms with Gasteiger partial charge in [-0.1, -0.05) is 0 Å². The number of nitrogens with one attached hydrogen (secondary N) is 1. The molecular weight excluding hydrogens is 112 g/mol. The number of hydrogen-bond acceptors (Lipinski definition) is 2. The van der Waals surface area contributed by atoms with Crippen LogP contribution in [-0.2, 0) is 0 Å². The van der Waals surface area contributed by atoms with Crippen molar-refractivity contribution in [3.63, 3.8) is 0 Å². The molecule has 0 aromatic carbocycles. The quantitative estimate of drug-likeness (QED) is 0.571. The molecular formula is C7H14N2. The third-order valence-electron chi connectivity index (χ3n) is 2.15. The largest absolute Gasteiger partial charge is 0.303 e. The first-order chi connectivity index (χ1) is 4.45. The molecule has 0 spiro atoms. The van der Waals surface area contributed by atoms with Gasteiger partial charge in [-0.2, -0.15) is 0 Å². The first-order valence-electron chi connectivity index (χ1n) is 3.88. The Kier molecular flexibility index (Phi) is 1.44. The summed E-state index contributed by atoms with van der Waals surface area (Å²) in [6, 6.07) is 0. The van der Waals surface area contributed by atoms with Crippen LogP contribution in [0.2, 0.25) is 0 Å². The Balaban J connectivity index is 1.70. The van der Waals surface area contributed by atoms with E-state index in [1.165, 1.54) is 32.5 Å². The molecule has 9 heavy (non-hydrogen) atoms. The zero-order valence-electron chi connectivity index (χ0n) is 5.77. The highest BCUT2D eigenvalue weighted by atomic mass is 15.3. The van der Waals surface area contributed by atoms with Gasteiger partial charge < -0.3 is 5.32 Å². The lowest BCUT2D eigenvalue weighted by Gasteiger charge is -2.11. The summed E-state index contributed by atoms with van der Waals surface area (Å²) in [6.45, 7) is 4.97. The van der Waals surface area contributed by atoms with Gasteiger partial charge in [0.15, 0.2) is 0 Å². The maximum atomic E-state index is 3.33. The Morgan fingerprint density at radius 2 is 2.33 bits per heavy atom. The van der Waals surface area contributed by atoms with Crippen molar-refractivity contribution in [2.24, 2.45) is 5.92 Å². The minimum Gasteiger partial charge on any atom is -0.303 e. The molecule has 0 bridgehead atoms. The van der Waals surface area contributed by atoms with E-state index in [-0.39, 0.29) is 0 Å². The summed E-state index contributed by atoms with van der Waals surface area (Å²) in [5, 5.41) is 3.33. The Morgan fingerprint density at radius 1 is 1.44 bits per heavy atom. The van der Waals surface area contributed by atoms with Gasteiger partial charge >= 0.3 is 0 Å². The topological polar surface area (TPSA) is 15.3 Å². The molecule has 0 unspecified atom stereocenters. The van der Waals surface area contributed by atoms with Crippen LogP contribution in [0.3, 0.4) is 0 Å². The maximum Gasteiger partial charge on any atom is 0.0481 e. The highest BCUT2D eigenvalue weighted by Gasteiger charge is 2.24. The molecule has 1 aliphatic heterocycles. The summed E-state index contributed by atoms with van der Waals surface area (Å²) < 4.78 is 0. The molecule has 0 amide bonds. The average molecular weight is 126 g/mol. The Labute approximate surface area is 56.2 Å². The summed E-state index contributed by atoms with van der Waals surface area (Å²) in [4.78, 5) is 2.51. The van der Waals surface area contributed by atoms with Gasteiger partial charge in [-0.25, -0.2) is 0 Å². The molecule has 2 heteroatoms. The Hall–Kier alpha value is -0.0800. The fourth-order valence-electron chi connectivity index (χ4n) is 1.37. The first kappa shape index (κ1) is 5.69. The van der Waals surface area contributed by atoms with Gasteiger partial charge in [0.05, 0.1) is 0 Å². The molecule has 1 N–H and O–H groups in total. The second-order valence-corrected chi connectivity index (χ2v) is 3.18. The molecule has 2 fully saturated rings. The molecule has 0 aromatic heterocycles. The number of hydrogen-bond donors (Lipinski definition) is 1. The van der Waals surface area contributed by atoms with E-state index >= 15 is 0 Å². The van der Waals surface area contributed by atoms with E-state index < -0.39 is 0 Å². The zero-order chi connectivity index (χ0) is 6.10. The lowest BCUT2D eigenvalue weighted by Crippen LogP contribution is -2.24. The second-order valence-electron chi connectivity index (χ2n) is 3.18. The molecule has 1 saturated carbocycles. The zero-order valence-corrected chi connectivity index (χ0v) is 5.77. The van der Waals surface area contributed by atoms with Crippen LogP contribution < -0.4 is 5.32 Å². The molecule has 2 nitrogen and oxygen atoms in total. The normalized spacial score (nSPS) is 29.3. The summed E-state index contributed by atoms with van der Waals surface area (Å²) in [5.41, 5.74) is 0. The Bertz CT molecular complexity index is 93.1. The summed E-state index contributed by atoms with van der Waals surface area (Å²) in [7, 11) is 0. The molecule has 0 radical (unpaired) electrons. The molecule has 1 aliphatic carbocycles. The van der Waals surface area contributed by atoms with Gasteiger partial charge in [0.2, 0.25) is 0 Å². The van der Waals surface area contributed by atoms with Gasteiger partial charge in [-0.15, -0.1) is 0 Å². The maximum absolute atomic E-state index is 3.33. The van der Waals surface area contributed by atoms with Crippen LogP contribution in [0, 0.1) is 5.92 Å². The van der Waals surface area contributed by atoms with Crippen molar-refractivity contribution in [1.82, 2.24) is 10.2 Å². The van der Waals surface area contributed by atoms with Gasteiger partial charge in [0.1, 0.15) is 0 Å². The van der Waals surface area contributed by atoms with Crippen LogP contribution in [-0.4, -0.2) is 31.2 Å². The monoisotopic (exact) mass is 126 g/mol. The van der Waals surface area contributed by atoms with Crippen LogP contribution in [0.15, 0.2) is 0 Å². The van der Waals surface area contributed by atoms with E-state index in [0.717, 1.165) is 12.6 Å². The van der Waals surface area contributed by atoms with Gasteiger partial charge in [-0.3, -0.25) is 4.90 Å². The third kappa shape index (κ3) is 1.43. The Morgan fingerprint density at radius 3 is 2.89 bits per heavy atom. The van der Waals surface area contributed by atoms with Crippen LogP contribution >= 0.6 is 0 Å². The van der Waals surface area contributed by atoms with Gasteiger partial charge in [0.25, 0.3) is 0 Å². The fraction of sp³-hybridized carbons (Fsp3) is 1.00. The van der Waals surface area contributed by atoms with Crippen molar-refractivity contribution >= 4 is 0 Å². The second kappa shape index (κ2) is 2.27. The van der Waals surface area contributed by atoms with E-state index in [2.05, 4.69) is 10.2 Å². The number of nitrogens with zero attached hydrogens (tertiary/aromatic N) is 1. The molecule has 0 atom stereocenters. The number of rotatable bonds is 2. The third-order valence-corrected chi connectivity index (χ3v) is 2.15. The van der Waals surface area contributed by atoms with Crippen LogP contribution in [0.5, 0.6) is 0 Å². The highest BCUT2D eigenvalue weighted by Crippen LogP contribution is 2.29. The van der Waals surface area contributed by atoms with Crippen molar-refractivity contribution in [3.05, 3.63) is 0 Å². The average Bonchev–Trinajstić information content (AvgIpc) is 2.46. The lowest BCUT2D eigenvalue weighted by molar-refractivity contribution is 0.321. The molecule has 52 valence electrons. The molecule has 0 aromatic rings. The smallest absolute Gasteiger partial charge is 0.0481 e. The first-order valence-corrected chi connectivity index (χ1v) is 3.88. The molecule has 1 saturated heterocycles. The SMILES string of the molecule is C1CN(CC2CC2)CN1. The fourth-order valence-corrected chi connectivity index (χ4v) is 1.37. The van der Waals surface area contributed by atoms with Crippen LogP contribution in [0.1, 0.15) is 12.8 Å². The van der Waals surface area contributed by atoms with E-state index in [0.29, 0.717) is 0 Å². The van der Waals surface area contributed by atoms with Crippen LogP contribution in [0.4, 0.5) is 0 Å². The van der Waals surface area contributed by atoms with E-state index in [9.17, 15) is 0 Å². The van der Waals surface area contributed by atoms with E-state index in [4.69, 9.17) is 0 Å². The summed E-state index contributed by atoms with van der Waals surface area (Å²) in [6.07, 6.45) is 2.97. The van der Waals surface area contributed by atoms with Gasteiger partial charge in [-0.05, 0) is 18.8 Å². The van der Waals surface area contributed by atoms with Crippen LogP contribution in [0.25, 0.3) is 0 Å². The van der Waals surface area contributed by atoms with E-state index in [1.807, 2.05) is 0 Å². The van der Waals surface area contributed by atoms with Crippen molar-refractivity contribution in [3.8, 4) is 0 Å². The minimum atomic E-state index is 1.06. The predicted octanol–water partition coefficient (Wildman–Crippen LogP) is 0.259. The van der Waals surface area contributed by atoms with Gasteiger partial charge in [0, 0.05) is 26.3 Å². The minimum absolute atomic E-state index is 1.06. The van der Waals surface area contributed by atoms with E-state index in [1.54, 1.807) is 0 Å². The van der Waals surface area contributed by atoms with Crippen molar-refractivity contribution in [2.45, 2.75) is 12.8 Å². The highest BCUT2D eigenvalue weighted by molar-refractivity contribution is 4.78. The summed E-state index contributed by atoms with van der Waals surface area (Å²) in [5.74, 6) is 1.06. The predicted molar refractivity (Wildman–Crippen MR) is 37.2 cm³/mol. The van der Waals surface area contributed by atoms with Crippen molar-refractivity contribution < 1.29 is 0 Å². The molecule has 2 aliphatic rings.